The summed E-state index contributed by atoms with van der Waals surface area (Å²) in [5.41, 5.74) is 0. The lowest BCUT2D eigenvalue weighted by molar-refractivity contribution is -0.160. The van der Waals surface area contributed by atoms with E-state index in [9.17, 15) is 9.59 Å². The van der Waals surface area contributed by atoms with Crippen molar-refractivity contribution in [2.45, 2.75) is 114 Å². The lowest BCUT2D eigenvalue weighted by Gasteiger charge is -2.55. The molecule has 5 aliphatic rings. The summed E-state index contributed by atoms with van der Waals surface area (Å²) in [7, 11) is 2.35. The van der Waals surface area contributed by atoms with E-state index in [1.165, 1.54) is 38.5 Å². The summed E-state index contributed by atoms with van der Waals surface area (Å²) in [6.45, 7) is 5.16. The summed E-state index contributed by atoms with van der Waals surface area (Å²) in [6.07, 6.45) is 11.6. The maximum absolute atomic E-state index is 13.5. The molecule has 0 radical (unpaired) electrons. The molecule has 174 valence electrons. The van der Waals surface area contributed by atoms with Crippen LogP contribution in [0.3, 0.4) is 0 Å². The molecule has 2 aliphatic carbocycles. The Kier molecular flexibility index (Phi) is 6.06. The normalized spacial score (nSPS) is 43.6. The highest BCUT2D eigenvalue weighted by molar-refractivity contribution is 5.82. The number of fused-ring (bicyclic) bond motifs is 2. The van der Waals surface area contributed by atoms with Gasteiger partial charge >= 0.3 is 0 Å². The van der Waals surface area contributed by atoms with Gasteiger partial charge in [-0.05, 0) is 77.2 Å². The molecule has 0 N–H and O–H groups in total. The van der Waals surface area contributed by atoms with Crippen molar-refractivity contribution >= 4 is 11.8 Å². The van der Waals surface area contributed by atoms with Gasteiger partial charge in [-0.2, -0.15) is 0 Å². The zero-order valence-electron chi connectivity index (χ0n) is 19.7. The smallest absolute Gasteiger partial charge is 0.252 e. The Morgan fingerprint density at radius 1 is 0.839 bits per heavy atom. The van der Waals surface area contributed by atoms with E-state index >= 15 is 0 Å². The lowest BCUT2D eigenvalue weighted by Crippen LogP contribution is -2.68. The summed E-state index contributed by atoms with van der Waals surface area (Å²) in [5, 5.41) is 0. The Balaban J connectivity index is 1.37. The van der Waals surface area contributed by atoms with Crippen LogP contribution in [0, 0.1) is 11.8 Å². The first-order chi connectivity index (χ1) is 15.0. The van der Waals surface area contributed by atoms with E-state index in [2.05, 4.69) is 28.7 Å². The van der Waals surface area contributed by atoms with Gasteiger partial charge in [-0.15, -0.1) is 0 Å². The van der Waals surface area contributed by atoms with Crippen molar-refractivity contribution in [2.75, 3.05) is 20.2 Å². The molecule has 0 aromatic carbocycles. The minimum absolute atomic E-state index is 0.0812. The Bertz CT molecular complexity index is 693. The Hall–Kier alpha value is -1.14. The molecule has 6 heteroatoms. The van der Waals surface area contributed by atoms with Gasteiger partial charge in [0.15, 0.2) is 0 Å². The predicted octanol–water partition coefficient (Wildman–Crippen LogP) is 3.04. The molecule has 0 spiro atoms. The van der Waals surface area contributed by atoms with E-state index in [1.807, 2.05) is 0 Å². The SMILES string of the molecule is CC(=O)N1C2CCC(C3CC4CCCCC4N3C)CC2N(C(=O)C2CCCO2)C[C@@H]1C. The largest absolute Gasteiger partial charge is 0.368 e. The third-order valence-corrected chi connectivity index (χ3v) is 9.37. The summed E-state index contributed by atoms with van der Waals surface area (Å²) in [4.78, 5) is 32.9. The van der Waals surface area contributed by atoms with Gasteiger partial charge in [-0.1, -0.05) is 12.8 Å². The first-order valence-electron chi connectivity index (χ1n) is 12.9. The van der Waals surface area contributed by atoms with Crippen LogP contribution in [-0.2, 0) is 14.3 Å². The fraction of sp³-hybridized carbons (Fsp3) is 0.920. The van der Waals surface area contributed by atoms with E-state index in [-0.39, 0.29) is 36.0 Å². The van der Waals surface area contributed by atoms with Gasteiger partial charge in [0.05, 0.1) is 12.1 Å². The van der Waals surface area contributed by atoms with Gasteiger partial charge in [-0.3, -0.25) is 14.5 Å². The molecule has 8 atom stereocenters. The number of piperazine rings is 1. The second-order valence-electron chi connectivity index (χ2n) is 11.1. The lowest BCUT2D eigenvalue weighted by atomic mass is 9.74. The van der Waals surface area contributed by atoms with Crippen LogP contribution in [0.25, 0.3) is 0 Å². The number of rotatable bonds is 2. The minimum Gasteiger partial charge on any atom is -0.368 e. The van der Waals surface area contributed by atoms with Gasteiger partial charge in [0.1, 0.15) is 6.10 Å². The van der Waals surface area contributed by atoms with Crippen molar-refractivity contribution in [3.05, 3.63) is 0 Å². The highest BCUT2D eigenvalue weighted by atomic mass is 16.5. The van der Waals surface area contributed by atoms with Gasteiger partial charge in [0.2, 0.25) is 5.91 Å². The van der Waals surface area contributed by atoms with Crippen LogP contribution < -0.4 is 0 Å². The number of ether oxygens (including phenoxy) is 1. The Labute approximate surface area is 187 Å². The van der Waals surface area contributed by atoms with Crippen molar-refractivity contribution < 1.29 is 14.3 Å². The molecule has 3 aliphatic heterocycles. The molecule has 3 saturated heterocycles. The highest BCUT2D eigenvalue weighted by Crippen LogP contribution is 2.46. The van der Waals surface area contributed by atoms with Crippen molar-refractivity contribution in [2.24, 2.45) is 11.8 Å². The van der Waals surface area contributed by atoms with E-state index in [0.717, 1.165) is 37.6 Å². The van der Waals surface area contributed by atoms with E-state index in [0.29, 0.717) is 25.1 Å². The zero-order chi connectivity index (χ0) is 21.7. The molecule has 0 aromatic rings. The molecule has 5 rings (SSSR count). The molecule has 0 bridgehead atoms. The number of carbonyl (C=O) groups excluding carboxylic acids is 2. The molecule has 31 heavy (non-hydrogen) atoms. The molecule has 2 saturated carbocycles. The van der Waals surface area contributed by atoms with E-state index < -0.39 is 0 Å². The predicted molar refractivity (Wildman–Crippen MR) is 120 cm³/mol. The minimum atomic E-state index is -0.269. The van der Waals surface area contributed by atoms with Crippen molar-refractivity contribution in [3.63, 3.8) is 0 Å². The molecular formula is C25H41N3O3. The third kappa shape index (κ3) is 3.82. The summed E-state index contributed by atoms with van der Waals surface area (Å²) in [5.74, 6) is 1.83. The molecule has 0 aromatic heterocycles. The molecule has 2 amide bonds. The van der Waals surface area contributed by atoms with Gasteiger partial charge in [-0.25, -0.2) is 0 Å². The van der Waals surface area contributed by atoms with Gasteiger partial charge in [0, 0.05) is 38.2 Å². The van der Waals surface area contributed by atoms with Crippen molar-refractivity contribution in [3.8, 4) is 0 Å². The van der Waals surface area contributed by atoms with E-state index in [1.54, 1.807) is 6.92 Å². The topological polar surface area (TPSA) is 53.1 Å². The van der Waals surface area contributed by atoms with Crippen LogP contribution in [0.4, 0.5) is 0 Å². The van der Waals surface area contributed by atoms with Crippen molar-refractivity contribution in [1.82, 2.24) is 14.7 Å². The number of carbonyl (C=O) groups is 2. The van der Waals surface area contributed by atoms with Crippen LogP contribution in [0.1, 0.15) is 78.1 Å². The molecule has 3 heterocycles. The molecular weight excluding hydrogens is 390 g/mol. The monoisotopic (exact) mass is 431 g/mol. The fourth-order valence-electron chi connectivity index (χ4n) is 8.01. The third-order valence-electron chi connectivity index (χ3n) is 9.37. The number of amides is 2. The fourth-order valence-corrected chi connectivity index (χ4v) is 8.01. The Morgan fingerprint density at radius 2 is 1.58 bits per heavy atom. The maximum atomic E-state index is 13.5. The number of likely N-dealkylation sites (tertiary alicyclic amines) is 1. The first-order valence-corrected chi connectivity index (χ1v) is 12.9. The maximum Gasteiger partial charge on any atom is 0.252 e. The van der Waals surface area contributed by atoms with Crippen LogP contribution >= 0.6 is 0 Å². The summed E-state index contributed by atoms with van der Waals surface area (Å²) < 4.78 is 5.79. The van der Waals surface area contributed by atoms with Crippen LogP contribution in [0.15, 0.2) is 0 Å². The number of nitrogens with zero attached hydrogens (tertiary/aromatic N) is 3. The zero-order valence-corrected chi connectivity index (χ0v) is 19.7. The summed E-state index contributed by atoms with van der Waals surface area (Å²) in [6, 6.07) is 1.79. The second-order valence-corrected chi connectivity index (χ2v) is 11.1. The van der Waals surface area contributed by atoms with Gasteiger partial charge < -0.3 is 14.5 Å². The second kappa shape index (κ2) is 8.66. The number of hydrogen-bond donors (Lipinski definition) is 0. The Morgan fingerprint density at radius 3 is 2.29 bits per heavy atom. The van der Waals surface area contributed by atoms with Crippen LogP contribution in [-0.4, -0.2) is 83.0 Å². The average molecular weight is 432 g/mol. The first kappa shape index (κ1) is 21.7. The standard InChI is InChI=1S/C25H41N3O3/c1-16-15-27(25(30)24-9-6-12-31-24)23-14-19(10-11-21(23)28(16)17(2)29)22-13-18-7-4-5-8-20(18)26(22)3/h16,18-24H,4-15H2,1-3H3/t16-,18?,19?,20?,21?,22?,23?,24?/m0/s1. The highest BCUT2D eigenvalue weighted by Gasteiger charge is 2.51. The molecule has 6 nitrogen and oxygen atoms in total. The molecule has 7 unspecified atom stereocenters. The molecule has 5 fully saturated rings. The summed E-state index contributed by atoms with van der Waals surface area (Å²) >= 11 is 0. The average Bonchev–Trinajstić information content (AvgIpc) is 3.41. The van der Waals surface area contributed by atoms with E-state index in [4.69, 9.17) is 4.74 Å². The van der Waals surface area contributed by atoms with Crippen LogP contribution in [0.5, 0.6) is 0 Å². The van der Waals surface area contributed by atoms with Crippen LogP contribution in [0.2, 0.25) is 0 Å². The number of hydrogen-bond acceptors (Lipinski definition) is 4. The quantitative estimate of drug-likeness (QED) is 0.674. The van der Waals surface area contributed by atoms with Crippen molar-refractivity contribution in [1.29, 1.82) is 0 Å². The van der Waals surface area contributed by atoms with Gasteiger partial charge in [0.25, 0.3) is 5.91 Å².